The van der Waals surface area contributed by atoms with Gasteiger partial charge in [0.2, 0.25) is 0 Å². The molecule has 2 nitrogen and oxygen atoms in total. The Morgan fingerprint density at radius 3 is 2.59 bits per heavy atom. The number of nitrogens with zero attached hydrogens (tertiary/aromatic N) is 1. The molecule has 92 valence electrons. The fraction of sp³-hybridized carbons (Fsp3) is 0.533. The van der Waals surface area contributed by atoms with E-state index in [-0.39, 0.29) is 11.2 Å². The van der Waals surface area contributed by atoms with Gasteiger partial charge in [-0.1, -0.05) is 38.1 Å². The number of hydrogen-bond donors (Lipinski definition) is 0. The zero-order valence-electron chi connectivity index (χ0n) is 11.0. The van der Waals surface area contributed by atoms with E-state index < -0.39 is 0 Å². The van der Waals surface area contributed by atoms with Gasteiger partial charge in [-0.2, -0.15) is 0 Å². The Morgan fingerprint density at radius 2 is 1.94 bits per heavy atom. The van der Waals surface area contributed by atoms with Crippen molar-refractivity contribution in [3.63, 3.8) is 0 Å². The fourth-order valence-corrected chi connectivity index (χ4v) is 2.36. The average molecular weight is 231 g/mol. The minimum atomic E-state index is -0.230. The molecule has 17 heavy (non-hydrogen) atoms. The topological polar surface area (TPSA) is 20.3 Å². The molecular weight excluding hydrogens is 210 g/mol. The largest absolute Gasteiger partial charge is 0.299 e. The van der Waals surface area contributed by atoms with Crippen LogP contribution in [0, 0.1) is 5.41 Å². The molecule has 1 aromatic carbocycles. The zero-order chi connectivity index (χ0) is 12.5. The van der Waals surface area contributed by atoms with Crippen LogP contribution >= 0.6 is 0 Å². The molecule has 0 aliphatic carbocycles. The van der Waals surface area contributed by atoms with Gasteiger partial charge in [-0.15, -0.1) is 0 Å². The van der Waals surface area contributed by atoms with Crippen LogP contribution in [0.3, 0.4) is 0 Å². The van der Waals surface area contributed by atoms with E-state index in [1.54, 1.807) is 6.92 Å². The molecule has 0 saturated heterocycles. The highest BCUT2D eigenvalue weighted by Crippen LogP contribution is 2.24. The smallest absolute Gasteiger partial charge is 0.136 e. The third kappa shape index (κ3) is 2.75. The maximum absolute atomic E-state index is 11.6. The minimum absolute atomic E-state index is 0.230. The molecule has 0 unspecified atom stereocenters. The lowest BCUT2D eigenvalue weighted by Crippen LogP contribution is -2.40. The minimum Gasteiger partial charge on any atom is -0.299 e. The van der Waals surface area contributed by atoms with Crippen molar-refractivity contribution in [2.45, 2.75) is 33.7 Å². The molecule has 0 aromatic heterocycles. The van der Waals surface area contributed by atoms with E-state index in [2.05, 4.69) is 29.2 Å². The molecule has 1 aliphatic heterocycles. The number of benzene rings is 1. The lowest BCUT2D eigenvalue weighted by atomic mass is 9.87. The van der Waals surface area contributed by atoms with E-state index in [9.17, 15) is 4.79 Å². The second-order valence-corrected chi connectivity index (χ2v) is 5.67. The SMILES string of the molecule is CC(=O)C(C)(C)CN1CCc2ccccc2C1. The molecule has 0 bridgehead atoms. The normalized spacial score (nSPS) is 16.6. The first kappa shape index (κ1) is 12.3. The summed E-state index contributed by atoms with van der Waals surface area (Å²) >= 11 is 0. The molecule has 1 aromatic rings. The molecule has 0 N–H and O–H groups in total. The third-order valence-corrected chi connectivity index (χ3v) is 3.78. The van der Waals surface area contributed by atoms with Crippen LogP contribution in [-0.4, -0.2) is 23.8 Å². The first-order valence-electron chi connectivity index (χ1n) is 6.29. The van der Waals surface area contributed by atoms with E-state index in [1.165, 1.54) is 11.1 Å². The summed E-state index contributed by atoms with van der Waals surface area (Å²) in [6.07, 6.45) is 1.10. The highest BCUT2D eigenvalue weighted by atomic mass is 16.1. The first-order chi connectivity index (χ1) is 7.99. The van der Waals surface area contributed by atoms with Gasteiger partial charge in [0.05, 0.1) is 0 Å². The average Bonchev–Trinajstić information content (AvgIpc) is 2.28. The Bertz CT molecular complexity index is 423. The van der Waals surface area contributed by atoms with Crippen molar-refractivity contribution in [1.82, 2.24) is 4.90 Å². The molecule has 0 spiro atoms. The Hall–Kier alpha value is -1.15. The maximum atomic E-state index is 11.6. The van der Waals surface area contributed by atoms with E-state index in [4.69, 9.17) is 0 Å². The van der Waals surface area contributed by atoms with Crippen LogP contribution in [0.5, 0.6) is 0 Å². The highest BCUT2D eigenvalue weighted by molar-refractivity contribution is 5.81. The lowest BCUT2D eigenvalue weighted by Gasteiger charge is -2.34. The summed E-state index contributed by atoms with van der Waals surface area (Å²) in [5.41, 5.74) is 2.65. The Labute approximate surface area is 104 Å². The summed E-state index contributed by atoms with van der Waals surface area (Å²) < 4.78 is 0. The van der Waals surface area contributed by atoms with Crippen molar-refractivity contribution >= 4 is 5.78 Å². The van der Waals surface area contributed by atoms with Gasteiger partial charge in [0.1, 0.15) is 5.78 Å². The van der Waals surface area contributed by atoms with Crippen LogP contribution in [0.4, 0.5) is 0 Å². The number of carbonyl (C=O) groups is 1. The number of ketones is 1. The van der Waals surface area contributed by atoms with Gasteiger partial charge in [-0.3, -0.25) is 9.69 Å². The quantitative estimate of drug-likeness (QED) is 0.797. The van der Waals surface area contributed by atoms with E-state index >= 15 is 0 Å². The van der Waals surface area contributed by atoms with Crippen LogP contribution in [0.1, 0.15) is 31.9 Å². The maximum Gasteiger partial charge on any atom is 0.136 e. The van der Waals surface area contributed by atoms with Crippen molar-refractivity contribution in [2.75, 3.05) is 13.1 Å². The van der Waals surface area contributed by atoms with Gasteiger partial charge >= 0.3 is 0 Å². The van der Waals surface area contributed by atoms with Crippen molar-refractivity contribution < 1.29 is 4.79 Å². The third-order valence-electron chi connectivity index (χ3n) is 3.78. The first-order valence-corrected chi connectivity index (χ1v) is 6.29. The Morgan fingerprint density at radius 1 is 1.29 bits per heavy atom. The predicted molar refractivity (Wildman–Crippen MR) is 69.9 cm³/mol. The summed E-state index contributed by atoms with van der Waals surface area (Å²) in [5.74, 6) is 0.274. The van der Waals surface area contributed by atoms with Gasteiger partial charge < -0.3 is 0 Å². The van der Waals surface area contributed by atoms with Crippen LogP contribution in [-0.2, 0) is 17.8 Å². The Balaban J connectivity index is 2.06. The molecule has 2 heteroatoms. The van der Waals surface area contributed by atoms with Gasteiger partial charge in [-0.25, -0.2) is 0 Å². The molecule has 1 heterocycles. The van der Waals surface area contributed by atoms with Crippen LogP contribution in [0.25, 0.3) is 0 Å². The van der Waals surface area contributed by atoms with Crippen molar-refractivity contribution in [3.05, 3.63) is 35.4 Å². The second-order valence-electron chi connectivity index (χ2n) is 5.67. The monoisotopic (exact) mass is 231 g/mol. The fourth-order valence-electron chi connectivity index (χ4n) is 2.36. The van der Waals surface area contributed by atoms with Crippen LogP contribution in [0.2, 0.25) is 0 Å². The number of rotatable bonds is 3. The standard InChI is InChI=1S/C15H21NO/c1-12(17)15(2,3)11-16-9-8-13-6-4-5-7-14(13)10-16/h4-7H,8-11H2,1-3H3. The zero-order valence-corrected chi connectivity index (χ0v) is 11.0. The van der Waals surface area contributed by atoms with E-state index in [0.29, 0.717) is 0 Å². The van der Waals surface area contributed by atoms with Crippen molar-refractivity contribution in [1.29, 1.82) is 0 Å². The van der Waals surface area contributed by atoms with Gasteiger partial charge in [-0.05, 0) is 24.5 Å². The summed E-state index contributed by atoms with van der Waals surface area (Å²) in [5, 5.41) is 0. The molecular formula is C15H21NO. The molecule has 0 fully saturated rings. The van der Waals surface area contributed by atoms with Crippen LogP contribution < -0.4 is 0 Å². The lowest BCUT2D eigenvalue weighted by molar-refractivity contribution is -0.126. The molecule has 0 radical (unpaired) electrons. The predicted octanol–water partition coefficient (Wildman–Crippen LogP) is 2.66. The number of hydrogen-bond acceptors (Lipinski definition) is 2. The Kier molecular flexibility index (Phi) is 3.34. The number of carbonyl (C=O) groups excluding carboxylic acids is 1. The van der Waals surface area contributed by atoms with Crippen molar-refractivity contribution in [3.8, 4) is 0 Å². The van der Waals surface area contributed by atoms with Crippen LogP contribution in [0.15, 0.2) is 24.3 Å². The molecule has 1 aliphatic rings. The van der Waals surface area contributed by atoms with Gasteiger partial charge in [0, 0.05) is 25.0 Å². The number of fused-ring (bicyclic) bond motifs is 1. The molecule has 0 amide bonds. The molecule has 2 rings (SSSR count). The summed E-state index contributed by atoms with van der Waals surface area (Å²) in [6.45, 7) is 8.67. The number of Topliss-reactive ketones (excluding diaryl/α,β-unsaturated/α-hetero) is 1. The molecule has 0 atom stereocenters. The summed E-state index contributed by atoms with van der Waals surface area (Å²) in [6, 6.07) is 8.61. The summed E-state index contributed by atoms with van der Waals surface area (Å²) in [4.78, 5) is 14.0. The highest BCUT2D eigenvalue weighted by Gasteiger charge is 2.28. The van der Waals surface area contributed by atoms with Gasteiger partial charge in [0.15, 0.2) is 0 Å². The second kappa shape index (κ2) is 4.61. The summed E-state index contributed by atoms with van der Waals surface area (Å²) in [7, 11) is 0. The van der Waals surface area contributed by atoms with E-state index in [1.807, 2.05) is 13.8 Å². The van der Waals surface area contributed by atoms with E-state index in [0.717, 1.165) is 26.1 Å². The van der Waals surface area contributed by atoms with Crippen molar-refractivity contribution in [2.24, 2.45) is 5.41 Å². The molecule has 0 saturated carbocycles. The van der Waals surface area contributed by atoms with Gasteiger partial charge in [0.25, 0.3) is 0 Å².